The van der Waals surface area contributed by atoms with Gasteiger partial charge in [-0.15, -0.1) is 13.2 Å². The number of halogens is 3. The predicted octanol–water partition coefficient (Wildman–Crippen LogP) is 5.34. The zero-order chi connectivity index (χ0) is 24.3. The Kier molecular flexibility index (Phi) is 6.89. The number of carbonyl (C=O) groups is 2. The molecule has 0 aliphatic carbocycles. The molecule has 0 saturated carbocycles. The number of hydrogen-bond donors (Lipinski definition) is 0. The zero-order valence-electron chi connectivity index (χ0n) is 18.3. The van der Waals surface area contributed by atoms with E-state index in [4.69, 9.17) is 13.9 Å². The highest BCUT2D eigenvalue weighted by atomic mass is 19.4. The van der Waals surface area contributed by atoms with Gasteiger partial charge in [0.25, 0.3) is 0 Å². The monoisotopic (exact) mass is 468 g/mol. The summed E-state index contributed by atoms with van der Waals surface area (Å²) in [5.74, 6) is -0.646. The number of benzene rings is 1. The molecule has 2 heterocycles. The number of nitrogens with zero attached hydrogens (tertiary/aromatic N) is 2. The molecular weight excluding hydrogens is 445 g/mol. The van der Waals surface area contributed by atoms with Crippen molar-refractivity contribution >= 4 is 18.4 Å². The Bertz CT molecular complexity index is 1000. The molecule has 11 heteroatoms. The van der Waals surface area contributed by atoms with Crippen LogP contribution in [0.15, 0.2) is 58.5 Å². The number of alkyl halides is 3. The molecule has 0 spiro atoms. The lowest BCUT2D eigenvalue weighted by Crippen LogP contribution is -2.53. The van der Waals surface area contributed by atoms with Crippen molar-refractivity contribution in [3.63, 3.8) is 0 Å². The van der Waals surface area contributed by atoms with Gasteiger partial charge < -0.3 is 18.6 Å². The van der Waals surface area contributed by atoms with Crippen LogP contribution >= 0.6 is 0 Å². The highest BCUT2D eigenvalue weighted by molar-refractivity contribution is 5.65. The first-order chi connectivity index (χ1) is 15.5. The third kappa shape index (κ3) is 5.41. The summed E-state index contributed by atoms with van der Waals surface area (Å²) in [6.45, 7) is 6.65. The van der Waals surface area contributed by atoms with E-state index in [-0.39, 0.29) is 5.76 Å². The minimum absolute atomic E-state index is 0.159. The fraction of sp³-hybridized carbons (Fsp3) is 0.364. The zero-order valence-corrected chi connectivity index (χ0v) is 18.3. The van der Waals surface area contributed by atoms with Gasteiger partial charge in [0, 0.05) is 6.07 Å². The topological polar surface area (TPSA) is 81.5 Å². The first-order valence-electron chi connectivity index (χ1n) is 10.0. The molecule has 33 heavy (non-hydrogen) atoms. The normalized spacial score (nSPS) is 19.0. The maximum atomic E-state index is 12.5. The third-order valence-corrected chi connectivity index (χ3v) is 4.91. The van der Waals surface area contributed by atoms with Crippen LogP contribution in [0.5, 0.6) is 5.75 Å². The number of allylic oxidation sites excluding steroid dienone is 1. The quantitative estimate of drug-likeness (QED) is 0.418. The minimum atomic E-state index is -4.83. The second kappa shape index (κ2) is 9.47. The molecule has 0 bridgehead atoms. The molecule has 2 aromatic rings. The van der Waals surface area contributed by atoms with Gasteiger partial charge in [-0.25, -0.2) is 14.8 Å². The summed E-state index contributed by atoms with van der Waals surface area (Å²) in [5.41, 5.74) is 0.853. The molecule has 8 nitrogen and oxygen atoms in total. The van der Waals surface area contributed by atoms with Gasteiger partial charge in [-0.05, 0) is 51.5 Å². The van der Waals surface area contributed by atoms with Crippen molar-refractivity contribution < 1.29 is 41.4 Å². The van der Waals surface area contributed by atoms with Crippen molar-refractivity contribution in [2.75, 3.05) is 5.01 Å². The van der Waals surface area contributed by atoms with E-state index < -0.39 is 36.3 Å². The molecule has 178 valence electrons. The summed E-state index contributed by atoms with van der Waals surface area (Å²) in [6, 6.07) is 7.78. The van der Waals surface area contributed by atoms with Crippen molar-refractivity contribution in [1.82, 2.24) is 5.01 Å². The van der Waals surface area contributed by atoms with Crippen LogP contribution in [0.2, 0.25) is 0 Å². The summed E-state index contributed by atoms with van der Waals surface area (Å²) in [4.78, 5) is 24.4. The standard InChI is InChI=1S/C22H23F3N2O6/c1-13(2)31-21(29)32-20-15(4)27(18-6-5-11-30-18)26(12-28)14(3)19(20)16-7-9-17(10-8-16)33-22(23,24)25/h5-14,19H,1-4H3. The van der Waals surface area contributed by atoms with Crippen LogP contribution < -0.4 is 9.75 Å². The van der Waals surface area contributed by atoms with E-state index in [9.17, 15) is 22.8 Å². The Morgan fingerprint density at radius 1 is 1.18 bits per heavy atom. The molecule has 1 amide bonds. The SMILES string of the molecule is CC1=C(OC(=O)OC(C)C)C(c2ccc(OC(F)(F)F)cc2)C(C)N(C=O)N1c1ccco1. The van der Waals surface area contributed by atoms with Crippen molar-refractivity contribution in [2.24, 2.45) is 0 Å². The second-order valence-electron chi connectivity index (χ2n) is 7.55. The van der Waals surface area contributed by atoms with Crippen LogP contribution in [0.1, 0.15) is 39.2 Å². The smallest absolute Gasteiger partial charge is 0.447 e. The minimum Gasteiger partial charge on any atom is -0.447 e. The summed E-state index contributed by atoms with van der Waals surface area (Å²) in [6.07, 6.45) is -4.21. The number of hydrazine groups is 1. The highest BCUT2D eigenvalue weighted by Gasteiger charge is 2.42. The van der Waals surface area contributed by atoms with Gasteiger partial charge in [-0.1, -0.05) is 12.1 Å². The number of ether oxygens (including phenoxy) is 3. The molecule has 0 N–H and O–H groups in total. The van der Waals surface area contributed by atoms with Crippen molar-refractivity contribution in [3.8, 4) is 5.75 Å². The number of amides is 1. The average molecular weight is 468 g/mol. The predicted molar refractivity (Wildman–Crippen MR) is 110 cm³/mol. The van der Waals surface area contributed by atoms with E-state index >= 15 is 0 Å². The molecule has 0 radical (unpaired) electrons. The number of carbonyl (C=O) groups excluding carboxylic acids is 2. The fourth-order valence-electron chi connectivity index (χ4n) is 3.62. The van der Waals surface area contributed by atoms with Crippen LogP contribution in [0.3, 0.4) is 0 Å². The lowest BCUT2D eigenvalue weighted by atomic mass is 9.87. The van der Waals surface area contributed by atoms with E-state index in [1.807, 2.05) is 0 Å². The Morgan fingerprint density at radius 2 is 1.85 bits per heavy atom. The van der Waals surface area contributed by atoms with E-state index in [2.05, 4.69) is 4.74 Å². The Labute approximate surface area is 188 Å². The number of hydrogen-bond acceptors (Lipinski definition) is 7. The van der Waals surface area contributed by atoms with Gasteiger partial charge in [0.15, 0.2) is 0 Å². The maximum Gasteiger partial charge on any atom is 0.573 e. The number of furan rings is 1. The molecule has 1 aliphatic heterocycles. The van der Waals surface area contributed by atoms with Gasteiger partial charge in [0.05, 0.1) is 30.0 Å². The molecule has 0 saturated heterocycles. The molecule has 2 atom stereocenters. The molecular formula is C22H23F3N2O6. The number of rotatable bonds is 6. The summed E-state index contributed by atoms with van der Waals surface area (Å²) < 4.78 is 57.6. The average Bonchev–Trinajstić information content (AvgIpc) is 3.24. The first-order valence-corrected chi connectivity index (χ1v) is 10.0. The van der Waals surface area contributed by atoms with Gasteiger partial charge in [0.1, 0.15) is 11.5 Å². The van der Waals surface area contributed by atoms with E-state index in [0.717, 1.165) is 12.1 Å². The van der Waals surface area contributed by atoms with Crippen molar-refractivity contribution in [1.29, 1.82) is 0 Å². The van der Waals surface area contributed by atoms with E-state index in [1.54, 1.807) is 39.8 Å². The largest absolute Gasteiger partial charge is 0.573 e. The Morgan fingerprint density at radius 3 is 2.36 bits per heavy atom. The number of anilines is 1. The summed E-state index contributed by atoms with van der Waals surface area (Å²) in [5, 5.41) is 2.80. The maximum absolute atomic E-state index is 12.5. The second-order valence-corrected chi connectivity index (χ2v) is 7.55. The van der Waals surface area contributed by atoms with Gasteiger partial charge >= 0.3 is 12.5 Å². The van der Waals surface area contributed by atoms with Crippen LogP contribution in [0.25, 0.3) is 0 Å². The van der Waals surface area contributed by atoms with Crippen LogP contribution in [0, 0.1) is 0 Å². The molecule has 1 aliphatic rings. The third-order valence-electron chi connectivity index (χ3n) is 4.91. The molecule has 1 aromatic carbocycles. The Balaban J connectivity index is 2.07. The highest BCUT2D eigenvalue weighted by Crippen LogP contribution is 2.42. The Hall–Kier alpha value is -3.63. The van der Waals surface area contributed by atoms with Crippen LogP contribution in [0.4, 0.5) is 23.8 Å². The van der Waals surface area contributed by atoms with Gasteiger partial charge in [-0.3, -0.25) is 4.79 Å². The summed E-state index contributed by atoms with van der Waals surface area (Å²) in [7, 11) is 0. The van der Waals surface area contributed by atoms with Crippen LogP contribution in [-0.4, -0.2) is 36.1 Å². The van der Waals surface area contributed by atoms with Crippen molar-refractivity contribution in [3.05, 3.63) is 59.7 Å². The van der Waals surface area contributed by atoms with E-state index in [0.29, 0.717) is 23.6 Å². The molecule has 0 fully saturated rings. The summed E-state index contributed by atoms with van der Waals surface area (Å²) >= 11 is 0. The van der Waals surface area contributed by atoms with Crippen LogP contribution in [-0.2, 0) is 14.3 Å². The van der Waals surface area contributed by atoms with Gasteiger partial charge in [-0.2, -0.15) is 0 Å². The molecule has 3 rings (SSSR count). The molecule has 2 unspecified atom stereocenters. The molecule has 1 aromatic heterocycles. The van der Waals surface area contributed by atoms with Gasteiger partial charge in [0.2, 0.25) is 12.3 Å². The lowest BCUT2D eigenvalue weighted by molar-refractivity contribution is -0.274. The lowest BCUT2D eigenvalue weighted by Gasteiger charge is -2.45. The van der Waals surface area contributed by atoms with Crippen molar-refractivity contribution in [2.45, 2.75) is 52.1 Å². The van der Waals surface area contributed by atoms with E-state index in [1.165, 1.54) is 28.4 Å². The first kappa shape index (κ1) is 24.0. The fourth-order valence-corrected chi connectivity index (χ4v) is 3.62.